The number of aromatic nitrogens is 3. The number of rotatable bonds is 7. The summed E-state index contributed by atoms with van der Waals surface area (Å²) in [6.45, 7) is 2.21. The molecule has 0 bridgehead atoms. The molecule has 0 fully saturated rings. The summed E-state index contributed by atoms with van der Waals surface area (Å²) in [6.07, 6.45) is 3.71. The molecule has 0 amide bonds. The zero-order valence-electron chi connectivity index (χ0n) is 11.0. The van der Waals surface area contributed by atoms with Crippen molar-refractivity contribution < 1.29 is 0 Å². The molecule has 0 aliphatic carbocycles. The summed E-state index contributed by atoms with van der Waals surface area (Å²) in [5.41, 5.74) is 0. The average molecular weight is 255 g/mol. The summed E-state index contributed by atoms with van der Waals surface area (Å²) in [6, 6.07) is 0. The van der Waals surface area contributed by atoms with Crippen LogP contribution in [0, 0.1) is 0 Å². The van der Waals surface area contributed by atoms with Gasteiger partial charge in [-0.1, -0.05) is 31.5 Å². The predicted octanol–water partition coefficient (Wildman–Crippen LogP) is 2.26. The number of hydrogen-bond acceptors (Lipinski definition) is 6. The second-order valence-corrected chi connectivity index (χ2v) is 5.00. The zero-order valence-corrected chi connectivity index (χ0v) is 11.8. The Morgan fingerprint density at radius 2 is 1.94 bits per heavy atom. The highest BCUT2D eigenvalue weighted by Gasteiger charge is 2.07. The van der Waals surface area contributed by atoms with Crippen LogP contribution in [0.25, 0.3) is 0 Å². The van der Waals surface area contributed by atoms with Gasteiger partial charge in [-0.2, -0.15) is 15.0 Å². The molecule has 0 radical (unpaired) electrons. The Labute approximate surface area is 107 Å². The third-order valence-corrected chi connectivity index (χ3v) is 3.14. The van der Waals surface area contributed by atoms with E-state index in [2.05, 4.69) is 27.2 Å². The lowest BCUT2D eigenvalue weighted by Crippen LogP contribution is -2.15. The van der Waals surface area contributed by atoms with Crippen molar-refractivity contribution >= 4 is 23.7 Å². The normalized spacial score (nSPS) is 10.4. The first-order valence-electron chi connectivity index (χ1n) is 5.91. The number of anilines is 2. The molecule has 1 aromatic heterocycles. The molecule has 0 spiro atoms. The number of thioether (sulfide) groups is 1. The van der Waals surface area contributed by atoms with Crippen molar-refractivity contribution in [2.24, 2.45) is 0 Å². The largest absolute Gasteiger partial charge is 0.357 e. The van der Waals surface area contributed by atoms with Gasteiger partial charge in [-0.05, 0) is 6.42 Å². The number of nitrogens with zero attached hydrogens (tertiary/aromatic N) is 4. The molecule has 96 valence electrons. The highest BCUT2D eigenvalue weighted by molar-refractivity contribution is 7.99. The van der Waals surface area contributed by atoms with Crippen molar-refractivity contribution in [2.75, 3.05) is 37.1 Å². The van der Waals surface area contributed by atoms with E-state index in [1.807, 2.05) is 26.0 Å². The van der Waals surface area contributed by atoms with Crippen LogP contribution < -0.4 is 10.2 Å². The predicted molar refractivity (Wildman–Crippen MR) is 73.9 cm³/mol. The van der Waals surface area contributed by atoms with Crippen LogP contribution in [0.1, 0.15) is 26.2 Å². The molecule has 0 aliphatic heterocycles. The Bertz CT molecular complexity index is 343. The van der Waals surface area contributed by atoms with Gasteiger partial charge in [0.05, 0.1) is 0 Å². The number of hydrogen-bond donors (Lipinski definition) is 1. The molecule has 0 aromatic carbocycles. The van der Waals surface area contributed by atoms with Gasteiger partial charge in [0, 0.05) is 26.9 Å². The monoisotopic (exact) mass is 255 g/mol. The van der Waals surface area contributed by atoms with Gasteiger partial charge in [-0.15, -0.1) is 0 Å². The molecule has 6 heteroatoms. The van der Waals surface area contributed by atoms with E-state index in [0.717, 1.165) is 10.9 Å². The molecule has 0 aliphatic rings. The van der Waals surface area contributed by atoms with Crippen LogP contribution >= 0.6 is 11.8 Å². The molecular weight excluding hydrogens is 234 g/mol. The molecule has 0 unspecified atom stereocenters. The van der Waals surface area contributed by atoms with Crippen LogP contribution in [-0.2, 0) is 0 Å². The summed E-state index contributed by atoms with van der Waals surface area (Å²) in [5, 5.41) is 3.76. The van der Waals surface area contributed by atoms with E-state index in [9.17, 15) is 0 Å². The third-order valence-electron chi connectivity index (χ3n) is 2.21. The standard InChI is InChI=1S/C11H21N5S/c1-5-6-7-8-17-11-14-9(12-2)13-10(15-11)16(3)4/h5-8H2,1-4H3,(H,12,13,14,15). The van der Waals surface area contributed by atoms with E-state index in [-0.39, 0.29) is 0 Å². The first kappa shape index (κ1) is 14.0. The fourth-order valence-corrected chi connectivity index (χ4v) is 2.07. The van der Waals surface area contributed by atoms with Gasteiger partial charge in [-0.25, -0.2) is 0 Å². The summed E-state index contributed by atoms with van der Waals surface area (Å²) in [5.74, 6) is 2.39. The van der Waals surface area contributed by atoms with Crippen LogP contribution in [0.3, 0.4) is 0 Å². The smallest absolute Gasteiger partial charge is 0.230 e. The quantitative estimate of drug-likeness (QED) is 0.596. The molecule has 1 heterocycles. The van der Waals surface area contributed by atoms with E-state index in [4.69, 9.17) is 0 Å². The Kier molecular flexibility index (Phi) is 6.04. The Hall–Kier alpha value is -1.04. The van der Waals surface area contributed by atoms with Gasteiger partial charge in [0.25, 0.3) is 0 Å². The Morgan fingerprint density at radius 1 is 1.18 bits per heavy atom. The average Bonchev–Trinajstić information content (AvgIpc) is 2.34. The summed E-state index contributed by atoms with van der Waals surface area (Å²) in [7, 11) is 5.68. The van der Waals surface area contributed by atoms with Crippen LogP contribution in [0.2, 0.25) is 0 Å². The molecule has 1 N–H and O–H groups in total. The van der Waals surface area contributed by atoms with Gasteiger partial charge in [-0.3, -0.25) is 0 Å². The van der Waals surface area contributed by atoms with Crippen LogP contribution in [0.4, 0.5) is 11.9 Å². The van der Waals surface area contributed by atoms with Gasteiger partial charge in [0.15, 0.2) is 5.16 Å². The minimum Gasteiger partial charge on any atom is -0.357 e. The van der Waals surface area contributed by atoms with Crippen molar-refractivity contribution in [3.63, 3.8) is 0 Å². The van der Waals surface area contributed by atoms with Gasteiger partial charge in [0.2, 0.25) is 11.9 Å². The minimum atomic E-state index is 0.627. The fourth-order valence-electron chi connectivity index (χ4n) is 1.24. The molecule has 0 atom stereocenters. The Morgan fingerprint density at radius 3 is 2.53 bits per heavy atom. The van der Waals surface area contributed by atoms with Crippen LogP contribution in [0.15, 0.2) is 5.16 Å². The van der Waals surface area contributed by atoms with Crippen molar-refractivity contribution in [2.45, 2.75) is 31.3 Å². The molecule has 0 saturated heterocycles. The summed E-state index contributed by atoms with van der Waals surface area (Å²) in [4.78, 5) is 14.9. The van der Waals surface area contributed by atoms with E-state index in [1.54, 1.807) is 11.8 Å². The molecular formula is C11H21N5S. The maximum atomic E-state index is 4.41. The lowest BCUT2D eigenvalue weighted by atomic mass is 10.3. The first-order valence-corrected chi connectivity index (χ1v) is 6.90. The molecule has 5 nitrogen and oxygen atoms in total. The molecule has 1 rings (SSSR count). The van der Waals surface area contributed by atoms with Crippen molar-refractivity contribution in [3.05, 3.63) is 0 Å². The summed E-state index contributed by atoms with van der Waals surface area (Å²) < 4.78 is 0. The number of nitrogens with one attached hydrogen (secondary N) is 1. The first-order chi connectivity index (χ1) is 8.17. The minimum absolute atomic E-state index is 0.627. The maximum absolute atomic E-state index is 4.41. The Balaban J connectivity index is 2.66. The van der Waals surface area contributed by atoms with Gasteiger partial charge >= 0.3 is 0 Å². The number of unbranched alkanes of at least 4 members (excludes halogenated alkanes) is 2. The van der Waals surface area contributed by atoms with E-state index < -0.39 is 0 Å². The van der Waals surface area contributed by atoms with Crippen molar-refractivity contribution in [1.29, 1.82) is 0 Å². The molecule has 17 heavy (non-hydrogen) atoms. The van der Waals surface area contributed by atoms with E-state index in [1.165, 1.54) is 19.3 Å². The van der Waals surface area contributed by atoms with Crippen LogP contribution in [-0.4, -0.2) is 41.8 Å². The lowest BCUT2D eigenvalue weighted by Gasteiger charge is -2.12. The topological polar surface area (TPSA) is 53.9 Å². The van der Waals surface area contributed by atoms with Crippen molar-refractivity contribution in [1.82, 2.24) is 15.0 Å². The van der Waals surface area contributed by atoms with E-state index in [0.29, 0.717) is 11.9 Å². The second kappa shape index (κ2) is 7.32. The highest BCUT2D eigenvalue weighted by Crippen LogP contribution is 2.18. The fraction of sp³-hybridized carbons (Fsp3) is 0.727. The second-order valence-electron chi connectivity index (χ2n) is 3.94. The van der Waals surface area contributed by atoms with Gasteiger partial charge in [0.1, 0.15) is 0 Å². The highest BCUT2D eigenvalue weighted by atomic mass is 32.2. The molecule has 1 aromatic rings. The van der Waals surface area contributed by atoms with E-state index >= 15 is 0 Å². The SMILES string of the molecule is CCCCCSc1nc(NC)nc(N(C)C)n1. The summed E-state index contributed by atoms with van der Waals surface area (Å²) >= 11 is 1.69. The molecule has 0 saturated carbocycles. The third kappa shape index (κ3) is 4.77. The zero-order chi connectivity index (χ0) is 12.7. The van der Waals surface area contributed by atoms with Gasteiger partial charge < -0.3 is 10.2 Å². The lowest BCUT2D eigenvalue weighted by molar-refractivity contribution is 0.776. The van der Waals surface area contributed by atoms with Crippen LogP contribution in [0.5, 0.6) is 0 Å². The van der Waals surface area contributed by atoms with Crippen molar-refractivity contribution in [3.8, 4) is 0 Å². The maximum Gasteiger partial charge on any atom is 0.230 e.